The minimum Gasteiger partial charge on any atom is -0.452 e. The fourth-order valence-electron chi connectivity index (χ4n) is 2.94. The average molecular weight is 417 g/mol. The molecule has 0 aliphatic carbocycles. The van der Waals surface area contributed by atoms with E-state index in [4.69, 9.17) is 4.74 Å². The third-order valence-electron chi connectivity index (χ3n) is 4.56. The van der Waals surface area contributed by atoms with Crippen molar-refractivity contribution in [3.8, 4) is 0 Å². The number of carbonyl (C=O) groups excluding carboxylic acids is 2. The van der Waals surface area contributed by atoms with E-state index in [0.717, 1.165) is 17.0 Å². The first kappa shape index (κ1) is 20.7. The highest BCUT2D eigenvalue weighted by atomic mass is 32.2. The van der Waals surface area contributed by atoms with Crippen molar-refractivity contribution in [3.63, 3.8) is 0 Å². The van der Waals surface area contributed by atoms with Crippen LogP contribution in [0.4, 0.5) is 4.39 Å². The molecule has 0 N–H and O–H groups in total. The number of rotatable bonds is 6. The zero-order valence-corrected chi connectivity index (χ0v) is 16.6. The number of sulfone groups is 1. The van der Waals surface area contributed by atoms with Gasteiger partial charge in [-0.2, -0.15) is 0 Å². The van der Waals surface area contributed by atoms with Crippen LogP contribution < -0.4 is 0 Å². The van der Waals surface area contributed by atoms with E-state index in [2.05, 4.69) is 0 Å². The number of carbonyl (C=O) groups is 2. The predicted octanol–water partition coefficient (Wildman–Crippen LogP) is 2.63. The van der Waals surface area contributed by atoms with Crippen LogP contribution in [0.3, 0.4) is 0 Å². The molecule has 0 spiro atoms. The molecule has 6 nitrogen and oxygen atoms in total. The van der Waals surface area contributed by atoms with Gasteiger partial charge in [-0.25, -0.2) is 17.6 Å². The van der Waals surface area contributed by atoms with Gasteiger partial charge in [-0.15, -0.1) is 0 Å². The molecule has 3 rings (SSSR count). The lowest BCUT2D eigenvalue weighted by Gasteiger charge is -2.27. The first-order chi connectivity index (χ1) is 13.7. The molecule has 0 bridgehead atoms. The molecule has 29 heavy (non-hydrogen) atoms. The third-order valence-corrected chi connectivity index (χ3v) is 5.94. The summed E-state index contributed by atoms with van der Waals surface area (Å²) in [6, 6.07) is 12.3. The molecule has 1 heterocycles. The highest BCUT2D eigenvalue weighted by Gasteiger charge is 2.31. The molecule has 1 atom stereocenters. The summed E-state index contributed by atoms with van der Waals surface area (Å²) in [5.41, 5.74) is 1.20. The maximum atomic E-state index is 13.6. The summed E-state index contributed by atoms with van der Waals surface area (Å²) < 4.78 is 42.3. The van der Waals surface area contributed by atoms with E-state index in [1.165, 1.54) is 23.1 Å². The number of nitrogens with zero attached hydrogens (tertiary/aromatic N) is 1. The maximum absolute atomic E-state index is 13.6. The Bertz CT molecular complexity index is 1050. The Kier molecular flexibility index (Phi) is 6.12. The van der Waals surface area contributed by atoms with Gasteiger partial charge in [-0.3, -0.25) is 4.79 Å². The predicted molar refractivity (Wildman–Crippen MR) is 105 cm³/mol. The van der Waals surface area contributed by atoms with Crippen LogP contribution in [-0.2, 0) is 25.9 Å². The van der Waals surface area contributed by atoms with Gasteiger partial charge in [0.2, 0.25) is 0 Å². The second-order valence-corrected chi connectivity index (χ2v) is 8.70. The Balaban J connectivity index is 1.71. The monoisotopic (exact) mass is 417 g/mol. The maximum Gasteiger partial charge on any atom is 0.338 e. The summed E-state index contributed by atoms with van der Waals surface area (Å²) in [7, 11) is -3.37. The second-order valence-electron chi connectivity index (χ2n) is 6.77. The quantitative estimate of drug-likeness (QED) is 0.675. The Morgan fingerprint density at radius 1 is 1.17 bits per heavy atom. The van der Waals surface area contributed by atoms with Gasteiger partial charge in [-0.1, -0.05) is 36.4 Å². The van der Waals surface area contributed by atoms with Crippen molar-refractivity contribution in [2.24, 2.45) is 0 Å². The van der Waals surface area contributed by atoms with E-state index in [1.54, 1.807) is 6.92 Å². The lowest BCUT2D eigenvalue weighted by atomic mass is 10.1. The fourth-order valence-corrected chi connectivity index (χ4v) is 4.24. The number of amides is 1. The number of ether oxygens (including phenoxy) is 1. The van der Waals surface area contributed by atoms with Crippen molar-refractivity contribution in [1.82, 2.24) is 4.90 Å². The number of hydrogen-bond acceptors (Lipinski definition) is 5. The Hall–Kier alpha value is -3.00. The Morgan fingerprint density at radius 2 is 1.90 bits per heavy atom. The normalized spacial score (nSPS) is 17.1. The van der Waals surface area contributed by atoms with Crippen LogP contribution in [0.15, 0.2) is 60.0 Å². The van der Waals surface area contributed by atoms with E-state index in [0.29, 0.717) is 5.56 Å². The zero-order chi connectivity index (χ0) is 21.0. The van der Waals surface area contributed by atoms with Crippen LogP contribution >= 0.6 is 0 Å². The number of benzene rings is 2. The summed E-state index contributed by atoms with van der Waals surface area (Å²) in [5, 5.41) is 1.09. The molecule has 1 aliphatic heterocycles. The number of esters is 1. The van der Waals surface area contributed by atoms with E-state index in [1.807, 2.05) is 30.3 Å². The standard InChI is InChI=1S/C21H20FNO5S/c1-15-7-8-17(11-19(15)22)21(25)28-13-20(24)23(12-16-5-3-2-4-6-16)18-9-10-29(26,27)14-18/h2-11,18H,12-14H2,1H3/t18-/m1/s1. The molecule has 0 radical (unpaired) electrons. The molecule has 8 heteroatoms. The molecule has 2 aromatic rings. The van der Waals surface area contributed by atoms with E-state index < -0.39 is 40.2 Å². The zero-order valence-electron chi connectivity index (χ0n) is 15.7. The summed E-state index contributed by atoms with van der Waals surface area (Å²) >= 11 is 0. The van der Waals surface area contributed by atoms with Gasteiger partial charge in [0.05, 0.1) is 17.4 Å². The molecule has 0 aromatic heterocycles. The summed E-state index contributed by atoms with van der Waals surface area (Å²) in [5.74, 6) is -2.13. The molecule has 0 unspecified atom stereocenters. The van der Waals surface area contributed by atoms with Crippen molar-refractivity contribution >= 4 is 21.7 Å². The van der Waals surface area contributed by atoms with Crippen LogP contribution in [0, 0.1) is 12.7 Å². The van der Waals surface area contributed by atoms with Crippen molar-refractivity contribution in [2.75, 3.05) is 12.4 Å². The highest BCUT2D eigenvalue weighted by Crippen LogP contribution is 2.18. The van der Waals surface area contributed by atoms with Crippen molar-refractivity contribution < 1.29 is 27.1 Å². The molecule has 1 amide bonds. The lowest BCUT2D eigenvalue weighted by molar-refractivity contribution is -0.136. The van der Waals surface area contributed by atoms with Crippen LogP contribution in [-0.4, -0.2) is 43.6 Å². The summed E-state index contributed by atoms with van der Waals surface area (Å²) in [6.45, 7) is 1.16. The van der Waals surface area contributed by atoms with Gasteiger partial charge in [0.25, 0.3) is 5.91 Å². The van der Waals surface area contributed by atoms with Gasteiger partial charge in [0.15, 0.2) is 16.4 Å². The van der Waals surface area contributed by atoms with Crippen molar-refractivity contribution in [2.45, 2.75) is 19.5 Å². The molecule has 0 fully saturated rings. The first-order valence-electron chi connectivity index (χ1n) is 8.93. The highest BCUT2D eigenvalue weighted by molar-refractivity contribution is 7.94. The van der Waals surface area contributed by atoms with Gasteiger partial charge in [-0.05, 0) is 36.3 Å². The van der Waals surface area contributed by atoms with Crippen molar-refractivity contribution in [3.05, 3.63) is 82.5 Å². The van der Waals surface area contributed by atoms with E-state index in [-0.39, 0.29) is 17.9 Å². The van der Waals surface area contributed by atoms with Gasteiger partial charge < -0.3 is 9.64 Å². The largest absolute Gasteiger partial charge is 0.452 e. The molecular weight excluding hydrogens is 397 g/mol. The molecule has 152 valence electrons. The number of hydrogen-bond donors (Lipinski definition) is 0. The van der Waals surface area contributed by atoms with Gasteiger partial charge in [0, 0.05) is 12.0 Å². The van der Waals surface area contributed by atoms with Crippen LogP contribution in [0.2, 0.25) is 0 Å². The lowest BCUT2D eigenvalue weighted by Crippen LogP contribution is -2.42. The summed E-state index contributed by atoms with van der Waals surface area (Å²) in [6.07, 6.45) is 1.45. The van der Waals surface area contributed by atoms with Crippen LogP contribution in [0.5, 0.6) is 0 Å². The molecular formula is C21H20FNO5S. The van der Waals surface area contributed by atoms with E-state index in [9.17, 15) is 22.4 Å². The smallest absolute Gasteiger partial charge is 0.338 e. The topological polar surface area (TPSA) is 80.8 Å². The molecule has 0 saturated heterocycles. The Labute approximate surface area is 168 Å². The minimum atomic E-state index is -3.37. The van der Waals surface area contributed by atoms with Crippen LogP contribution in [0.1, 0.15) is 21.5 Å². The SMILES string of the molecule is Cc1ccc(C(=O)OCC(=O)N(Cc2ccccc2)[C@@H]2C=CS(=O)(=O)C2)cc1F. The minimum absolute atomic E-state index is 0.00107. The first-order valence-corrected chi connectivity index (χ1v) is 10.6. The number of aryl methyl sites for hydroxylation is 1. The fraction of sp³-hybridized carbons (Fsp3) is 0.238. The molecule has 0 saturated carbocycles. The molecule has 1 aliphatic rings. The molecule has 2 aromatic carbocycles. The van der Waals surface area contributed by atoms with Crippen molar-refractivity contribution in [1.29, 1.82) is 0 Å². The second kappa shape index (κ2) is 8.57. The van der Waals surface area contributed by atoms with Gasteiger partial charge in [0.1, 0.15) is 5.82 Å². The average Bonchev–Trinajstić information content (AvgIpc) is 3.06. The van der Waals surface area contributed by atoms with E-state index >= 15 is 0 Å². The Morgan fingerprint density at radius 3 is 2.52 bits per heavy atom. The number of halogens is 1. The van der Waals surface area contributed by atoms with Crippen LogP contribution in [0.25, 0.3) is 0 Å². The van der Waals surface area contributed by atoms with Gasteiger partial charge >= 0.3 is 5.97 Å². The third kappa shape index (κ3) is 5.29. The summed E-state index contributed by atoms with van der Waals surface area (Å²) in [4.78, 5) is 26.3.